The molecule has 0 saturated carbocycles. The largest absolute Gasteiger partial charge is 0.268 e. The van der Waals surface area contributed by atoms with E-state index in [0.29, 0.717) is 5.82 Å². The number of hydrogen-bond acceptors (Lipinski definition) is 3. The van der Waals surface area contributed by atoms with E-state index in [0.717, 1.165) is 12.2 Å². The molecule has 0 N–H and O–H groups in total. The first-order chi connectivity index (χ1) is 8.92. The minimum Gasteiger partial charge on any atom is -0.268 e. The van der Waals surface area contributed by atoms with Crippen molar-refractivity contribution in [2.75, 3.05) is 0 Å². The van der Waals surface area contributed by atoms with Crippen molar-refractivity contribution < 1.29 is 0 Å². The first-order valence-electron chi connectivity index (χ1n) is 5.68. The lowest BCUT2D eigenvalue weighted by Gasteiger charge is -2.00. The van der Waals surface area contributed by atoms with E-state index in [2.05, 4.69) is 21.1 Å². The minimum atomic E-state index is 0.651. The molecular formula is C14H11N4. The van der Waals surface area contributed by atoms with Gasteiger partial charge in [0.2, 0.25) is 0 Å². The molecule has 0 saturated heterocycles. The second-order valence-electron chi connectivity index (χ2n) is 3.88. The van der Waals surface area contributed by atoms with Crippen LogP contribution in [0.5, 0.6) is 0 Å². The average molecular weight is 235 g/mol. The SMILES string of the molecule is [c]1ccc(Cn2ccc(-c3ncccn3)n2)cc1. The summed E-state index contributed by atoms with van der Waals surface area (Å²) in [6, 6.07) is 14.6. The molecular weight excluding hydrogens is 224 g/mol. The van der Waals surface area contributed by atoms with Crippen molar-refractivity contribution in [3.8, 4) is 11.5 Å². The van der Waals surface area contributed by atoms with Gasteiger partial charge < -0.3 is 0 Å². The third-order valence-corrected chi connectivity index (χ3v) is 2.57. The van der Waals surface area contributed by atoms with Crippen molar-refractivity contribution >= 4 is 0 Å². The Bertz CT molecular complexity index is 617. The lowest BCUT2D eigenvalue weighted by Crippen LogP contribution is -2.00. The molecule has 18 heavy (non-hydrogen) atoms. The van der Waals surface area contributed by atoms with Gasteiger partial charge >= 0.3 is 0 Å². The molecule has 3 rings (SSSR count). The predicted molar refractivity (Wildman–Crippen MR) is 67.6 cm³/mol. The van der Waals surface area contributed by atoms with E-state index in [4.69, 9.17) is 0 Å². The zero-order valence-corrected chi connectivity index (χ0v) is 9.69. The average Bonchev–Trinajstić information content (AvgIpc) is 2.89. The summed E-state index contributed by atoms with van der Waals surface area (Å²) in [5.41, 5.74) is 1.98. The van der Waals surface area contributed by atoms with Crippen LogP contribution in [0.4, 0.5) is 0 Å². The van der Waals surface area contributed by atoms with Crippen LogP contribution in [0, 0.1) is 6.07 Å². The second-order valence-corrected chi connectivity index (χ2v) is 3.88. The molecule has 4 nitrogen and oxygen atoms in total. The molecule has 0 atom stereocenters. The van der Waals surface area contributed by atoms with Gasteiger partial charge in [0, 0.05) is 18.6 Å². The van der Waals surface area contributed by atoms with Crippen LogP contribution in [0.1, 0.15) is 5.56 Å². The Morgan fingerprint density at radius 2 is 1.83 bits per heavy atom. The third-order valence-electron chi connectivity index (χ3n) is 2.57. The van der Waals surface area contributed by atoms with Crippen LogP contribution < -0.4 is 0 Å². The smallest absolute Gasteiger partial charge is 0.179 e. The molecule has 0 aliphatic carbocycles. The standard InChI is InChI=1S/C14H11N4/c1-2-5-12(6-3-1)11-18-10-7-13(17-18)14-15-8-4-9-16-14/h2-10H,11H2. The molecule has 0 amide bonds. The fourth-order valence-electron chi connectivity index (χ4n) is 1.71. The van der Waals surface area contributed by atoms with Gasteiger partial charge in [-0.1, -0.05) is 24.3 Å². The summed E-state index contributed by atoms with van der Waals surface area (Å²) in [6.45, 7) is 0.738. The molecule has 0 unspecified atom stereocenters. The lowest BCUT2D eigenvalue weighted by molar-refractivity contribution is 0.688. The maximum absolute atomic E-state index is 4.46. The van der Waals surface area contributed by atoms with Crippen molar-refractivity contribution in [1.82, 2.24) is 19.7 Å². The highest BCUT2D eigenvalue weighted by atomic mass is 15.3. The maximum atomic E-state index is 4.46. The van der Waals surface area contributed by atoms with E-state index < -0.39 is 0 Å². The van der Waals surface area contributed by atoms with Crippen LogP contribution in [-0.4, -0.2) is 19.7 Å². The van der Waals surface area contributed by atoms with Gasteiger partial charge in [0.1, 0.15) is 5.69 Å². The highest BCUT2D eigenvalue weighted by Gasteiger charge is 2.04. The summed E-state index contributed by atoms with van der Waals surface area (Å²) in [6.07, 6.45) is 5.37. The molecule has 0 spiro atoms. The Kier molecular flexibility index (Phi) is 2.84. The zero-order chi connectivity index (χ0) is 12.2. The lowest BCUT2D eigenvalue weighted by atomic mass is 10.2. The van der Waals surface area contributed by atoms with Crippen LogP contribution in [0.3, 0.4) is 0 Å². The number of hydrogen-bond donors (Lipinski definition) is 0. The number of rotatable bonds is 3. The topological polar surface area (TPSA) is 43.6 Å². The second kappa shape index (κ2) is 4.79. The van der Waals surface area contributed by atoms with Crippen LogP contribution >= 0.6 is 0 Å². The van der Waals surface area contributed by atoms with Crippen molar-refractivity contribution in [3.63, 3.8) is 0 Å². The summed E-state index contributed by atoms with van der Waals surface area (Å²) in [4.78, 5) is 8.35. The molecule has 0 aliphatic heterocycles. The monoisotopic (exact) mass is 235 g/mol. The molecule has 3 aromatic rings. The Labute approximate surface area is 105 Å². The first-order valence-corrected chi connectivity index (χ1v) is 5.68. The Morgan fingerprint density at radius 3 is 2.61 bits per heavy atom. The molecule has 87 valence electrons. The van der Waals surface area contributed by atoms with Crippen molar-refractivity contribution in [2.45, 2.75) is 6.54 Å². The van der Waals surface area contributed by atoms with E-state index in [1.165, 1.54) is 5.56 Å². The number of nitrogens with zero attached hydrogens (tertiary/aromatic N) is 4. The zero-order valence-electron chi connectivity index (χ0n) is 9.69. The van der Waals surface area contributed by atoms with Crippen LogP contribution in [0.25, 0.3) is 11.5 Å². The number of benzene rings is 1. The van der Waals surface area contributed by atoms with Crippen molar-refractivity contribution in [3.05, 3.63) is 66.6 Å². The van der Waals surface area contributed by atoms with E-state index in [-0.39, 0.29) is 0 Å². The first kappa shape index (κ1) is 10.7. The Hall–Kier alpha value is -2.49. The van der Waals surface area contributed by atoms with Crippen LogP contribution in [0.2, 0.25) is 0 Å². The predicted octanol–water partition coefficient (Wildman–Crippen LogP) is 2.19. The van der Waals surface area contributed by atoms with Gasteiger partial charge in [-0.05, 0) is 23.8 Å². The van der Waals surface area contributed by atoms with Gasteiger partial charge in [-0.15, -0.1) is 0 Å². The molecule has 1 aromatic carbocycles. The van der Waals surface area contributed by atoms with Crippen molar-refractivity contribution in [1.29, 1.82) is 0 Å². The fourth-order valence-corrected chi connectivity index (χ4v) is 1.71. The molecule has 2 aromatic heterocycles. The molecule has 0 aliphatic rings. The van der Waals surface area contributed by atoms with Gasteiger partial charge in [0.25, 0.3) is 0 Å². The van der Waals surface area contributed by atoms with E-state index >= 15 is 0 Å². The van der Waals surface area contributed by atoms with E-state index in [1.54, 1.807) is 18.5 Å². The summed E-state index contributed by atoms with van der Waals surface area (Å²) >= 11 is 0. The highest BCUT2D eigenvalue weighted by Crippen LogP contribution is 2.11. The normalized spacial score (nSPS) is 10.4. The van der Waals surface area contributed by atoms with Gasteiger partial charge in [0.15, 0.2) is 5.82 Å². The maximum Gasteiger partial charge on any atom is 0.179 e. The Balaban J connectivity index is 1.82. The fraction of sp³-hybridized carbons (Fsp3) is 0.0714. The molecule has 0 bridgehead atoms. The summed E-state index contributed by atoms with van der Waals surface area (Å²) < 4.78 is 1.88. The van der Waals surface area contributed by atoms with Gasteiger partial charge in [-0.2, -0.15) is 5.10 Å². The van der Waals surface area contributed by atoms with Crippen LogP contribution in [-0.2, 0) is 6.54 Å². The van der Waals surface area contributed by atoms with Crippen molar-refractivity contribution in [2.24, 2.45) is 0 Å². The number of aromatic nitrogens is 4. The van der Waals surface area contributed by atoms with Gasteiger partial charge in [-0.25, -0.2) is 9.97 Å². The summed E-state index contributed by atoms with van der Waals surface area (Å²) in [5, 5.41) is 4.46. The van der Waals surface area contributed by atoms with Crippen LogP contribution in [0.15, 0.2) is 55.0 Å². The third kappa shape index (κ3) is 2.27. The molecule has 2 heterocycles. The minimum absolute atomic E-state index is 0.651. The van der Waals surface area contributed by atoms with Gasteiger partial charge in [-0.3, -0.25) is 4.68 Å². The van der Waals surface area contributed by atoms with Gasteiger partial charge in [0.05, 0.1) is 6.54 Å². The van der Waals surface area contributed by atoms with E-state index in [9.17, 15) is 0 Å². The Morgan fingerprint density at radius 1 is 1.06 bits per heavy atom. The molecule has 1 radical (unpaired) electrons. The highest BCUT2D eigenvalue weighted by molar-refractivity contribution is 5.46. The summed E-state index contributed by atoms with van der Waals surface area (Å²) in [5.74, 6) is 0.651. The summed E-state index contributed by atoms with van der Waals surface area (Å²) in [7, 11) is 0. The molecule has 4 heteroatoms. The molecule has 0 fully saturated rings. The van der Waals surface area contributed by atoms with E-state index in [1.807, 2.05) is 41.2 Å². The quantitative estimate of drug-likeness (QED) is 0.699.